The second-order valence-electron chi connectivity index (χ2n) is 6.92. The van der Waals surface area contributed by atoms with Crippen LogP contribution in [0.1, 0.15) is 40.4 Å². The SMILES string of the molecule is O=C(NCCCNc1nc(Nc2cccc(F)c2)ncc1C1CC1)c1cccs1. The largest absolute Gasteiger partial charge is 0.370 e. The minimum atomic E-state index is -0.312. The molecule has 4 rings (SSSR count). The Labute approximate surface area is 172 Å². The van der Waals surface area contributed by atoms with Crippen LogP contribution in [0.15, 0.2) is 48.0 Å². The lowest BCUT2D eigenvalue weighted by Crippen LogP contribution is -2.25. The Kier molecular flexibility index (Phi) is 6.00. The van der Waals surface area contributed by atoms with Crippen molar-refractivity contribution in [3.63, 3.8) is 0 Å². The summed E-state index contributed by atoms with van der Waals surface area (Å²) in [6.07, 6.45) is 4.91. The maximum absolute atomic E-state index is 13.4. The number of benzene rings is 1. The fraction of sp³-hybridized carbons (Fsp3) is 0.286. The Morgan fingerprint density at radius 2 is 2.10 bits per heavy atom. The zero-order chi connectivity index (χ0) is 20.1. The molecule has 29 heavy (non-hydrogen) atoms. The van der Waals surface area contributed by atoms with Crippen LogP contribution in [0.25, 0.3) is 0 Å². The molecule has 0 saturated heterocycles. The molecule has 1 aliphatic carbocycles. The molecule has 3 N–H and O–H groups in total. The van der Waals surface area contributed by atoms with E-state index in [1.165, 1.54) is 23.5 Å². The Hall–Kier alpha value is -3.00. The van der Waals surface area contributed by atoms with Crippen molar-refractivity contribution in [3.05, 3.63) is 64.2 Å². The van der Waals surface area contributed by atoms with Gasteiger partial charge in [0, 0.05) is 30.5 Å². The molecule has 2 aromatic heterocycles. The van der Waals surface area contributed by atoms with E-state index >= 15 is 0 Å². The van der Waals surface area contributed by atoms with E-state index in [2.05, 4.69) is 25.9 Å². The van der Waals surface area contributed by atoms with E-state index in [-0.39, 0.29) is 11.7 Å². The number of halogens is 1. The molecule has 1 aliphatic rings. The van der Waals surface area contributed by atoms with Gasteiger partial charge in [0.05, 0.1) is 4.88 Å². The fourth-order valence-electron chi connectivity index (χ4n) is 2.97. The molecule has 2 heterocycles. The van der Waals surface area contributed by atoms with E-state index < -0.39 is 0 Å². The lowest BCUT2D eigenvalue weighted by molar-refractivity contribution is 0.0957. The van der Waals surface area contributed by atoms with Crippen molar-refractivity contribution >= 4 is 34.7 Å². The van der Waals surface area contributed by atoms with Crippen LogP contribution in [-0.4, -0.2) is 29.0 Å². The average molecular weight is 412 g/mol. The van der Waals surface area contributed by atoms with E-state index in [9.17, 15) is 9.18 Å². The van der Waals surface area contributed by atoms with Crippen LogP contribution >= 0.6 is 11.3 Å². The molecule has 0 spiro atoms. The predicted octanol–water partition coefficient (Wildman–Crippen LogP) is 4.53. The first-order chi connectivity index (χ1) is 14.2. The molecular weight excluding hydrogens is 389 g/mol. The lowest BCUT2D eigenvalue weighted by Gasteiger charge is -2.13. The number of anilines is 3. The van der Waals surface area contributed by atoms with Crippen molar-refractivity contribution in [2.75, 3.05) is 23.7 Å². The van der Waals surface area contributed by atoms with Gasteiger partial charge in [-0.2, -0.15) is 4.98 Å². The molecule has 1 saturated carbocycles. The third-order valence-electron chi connectivity index (χ3n) is 4.59. The van der Waals surface area contributed by atoms with E-state index in [4.69, 9.17) is 0 Å². The first kappa shape index (κ1) is 19.3. The van der Waals surface area contributed by atoms with Gasteiger partial charge in [-0.25, -0.2) is 9.37 Å². The number of carbonyl (C=O) groups is 1. The van der Waals surface area contributed by atoms with Crippen molar-refractivity contribution in [2.24, 2.45) is 0 Å². The third-order valence-corrected chi connectivity index (χ3v) is 5.46. The quantitative estimate of drug-likeness (QED) is 0.451. The average Bonchev–Trinajstić information content (AvgIpc) is 3.40. The molecule has 150 valence electrons. The van der Waals surface area contributed by atoms with Gasteiger partial charge in [0.2, 0.25) is 5.95 Å². The first-order valence-electron chi connectivity index (χ1n) is 9.64. The molecule has 0 aliphatic heterocycles. The Morgan fingerprint density at radius 3 is 2.86 bits per heavy atom. The Bertz CT molecular complexity index is 975. The number of thiophene rings is 1. The molecular formula is C21H22FN5OS. The van der Waals surface area contributed by atoms with Crippen LogP contribution in [0.4, 0.5) is 21.8 Å². The number of carbonyl (C=O) groups excluding carboxylic acids is 1. The predicted molar refractivity (Wildman–Crippen MR) is 113 cm³/mol. The standard InChI is InChI=1S/C21H22FN5OS/c22-15-4-1-5-16(12-15)26-21-25-13-17(14-7-8-14)19(27-21)23-9-3-10-24-20(28)18-6-2-11-29-18/h1-2,4-6,11-14H,3,7-10H2,(H,24,28)(H2,23,25,26,27). The highest BCUT2D eigenvalue weighted by Crippen LogP contribution is 2.42. The molecule has 0 radical (unpaired) electrons. The van der Waals surface area contributed by atoms with Gasteiger partial charge in [0.1, 0.15) is 11.6 Å². The summed E-state index contributed by atoms with van der Waals surface area (Å²) in [6, 6.07) is 9.89. The molecule has 0 unspecified atom stereocenters. The molecule has 6 nitrogen and oxygen atoms in total. The molecule has 3 aromatic rings. The van der Waals surface area contributed by atoms with Crippen molar-refractivity contribution in [2.45, 2.75) is 25.2 Å². The van der Waals surface area contributed by atoms with Gasteiger partial charge < -0.3 is 16.0 Å². The normalized spacial score (nSPS) is 13.1. The highest BCUT2D eigenvalue weighted by molar-refractivity contribution is 7.12. The molecule has 0 bridgehead atoms. The van der Waals surface area contributed by atoms with Crippen molar-refractivity contribution < 1.29 is 9.18 Å². The second-order valence-corrected chi connectivity index (χ2v) is 7.87. The van der Waals surface area contributed by atoms with E-state index in [1.54, 1.807) is 12.1 Å². The van der Waals surface area contributed by atoms with Gasteiger partial charge in [0.15, 0.2) is 0 Å². The molecule has 1 amide bonds. The molecule has 0 atom stereocenters. The van der Waals surface area contributed by atoms with Crippen molar-refractivity contribution in [1.82, 2.24) is 15.3 Å². The summed E-state index contributed by atoms with van der Waals surface area (Å²) in [4.78, 5) is 21.6. The van der Waals surface area contributed by atoms with E-state index in [0.717, 1.165) is 35.5 Å². The summed E-state index contributed by atoms with van der Waals surface area (Å²) in [7, 11) is 0. The number of nitrogens with zero attached hydrogens (tertiary/aromatic N) is 2. The number of rotatable bonds is 9. The summed E-state index contributed by atoms with van der Waals surface area (Å²) >= 11 is 1.43. The van der Waals surface area contributed by atoms with Gasteiger partial charge in [-0.15, -0.1) is 11.3 Å². The maximum Gasteiger partial charge on any atom is 0.261 e. The first-order valence-corrected chi connectivity index (χ1v) is 10.5. The number of hydrogen-bond donors (Lipinski definition) is 3. The van der Waals surface area contributed by atoms with Crippen molar-refractivity contribution in [1.29, 1.82) is 0 Å². The summed E-state index contributed by atoms with van der Waals surface area (Å²) in [6.45, 7) is 1.27. The topological polar surface area (TPSA) is 78.9 Å². The monoisotopic (exact) mass is 411 g/mol. The number of nitrogens with one attached hydrogen (secondary N) is 3. The lowest BCUT2D eigenvalue weighted by atomic mass is 10.2. The van der Waals surface area contributed by atoms with Gasteiger partial charge >= 0.3 is 0 Å². The Morgan fingerprint density at radius 1 is 1.21 bits per heavy atom. The summed E-state index contributed by atoms with van der Waals surface area (Å²) in [5, 5.41) is 11.2. The molecule has 1 aromatic carbocycles. The van der Waals surface area contributed by atoms with Gasteiger partial charge in [-0.05, 0) is 54.8 Å². The van der Waals surface area contributed by atoms with Crippen LogP contribution < -0.4 is 16.0 Å². The number of hydrogen-bond acceptors (Lipinski definition) is 6. The Balaban J connectivity index is 1.33. The second kappa shape index (κ2) is 9.00. The minimum Gasteiger partial charge on any atom is -0.370 e. The smallest absolute Gasteiger partial charge is 0.261 e. The maximum atomic E-state index is 13.4. The van der Waals surface area contributed by atoms with Gasteiger partial charge in [0.25, 0.3) is 5.91 Å². The van der Waals surface area contributed by atoms with Crippen LogP contribution in [0, 0.1) is 5.82 Å². The van der Waals surface area contributed by atoms with Gasteiger partial charge in [-0.3, -0.25) is 4.79 Å². The molecule has 8 heteroatoms. The van der Waals surface area contributed by atoms with Crippen LogP contribution in [-0.2, 0) is 0 Å². The highest BCUT2D eigenvalue weighted by atomic mass is 32.1. The van der Waals surface area contributed by atoms with Crippen LogP contribution in [0.5, 0.6) is 0 Å². The van der Waals surface area contributed by atoms with E-state index in [1.807, 2.05) is 23.7 Å². The number of amides is 1. The fourth-order valence-corrected chi connectivity index (χ4v) is 3.61. The summed E-state index contributed by atoms with van der Waals surface area (Å²) in [5.74, 6) is 1.37. The zero-order valence-corrected chi connectivity index (χ0v) is 16.6. The number of aromatic nitrogens is 2. The van der Waals surface area contributed by atoms with Crippen LogP contribution in [0.3, 0.4) is 0 Å². The summed E-state index contributed by atoms with van der Waals surface area (Å²) < 4.78 is 13.4. The van der Waals surface area contributed by atoms with Gasteiger partial charge in [-0.1, -0.05) is 12.1 Å². The van der Waals surface area contributed by atoms with E-state index in [0.29, 0.717) is 30.6 Å². The molecule has 1 fully saturated rings. The summed E-state index contributed by atoms with van der Waals surface area (Å²) in [5.41, 5.74) is 1.71. The van der Waals surface area contributed by atoms with Crippen LogP contribution in [0.2, 0.25) is 0 Å². The zero-order valence-electron chi connectivity index (χ0n) is 15.8. The highest BCUT2D eigenvalue weighted by Gasteiger charge is 2.27. The van der Waals surface area contributed by atoms with Crippen molar-refractivity contribution in [3.8, 4) is 0 Å². The minimum absolute atomic E-state index is 0.0396. The third kappa shape index (κ3) is 5.29.